The molecule has 0 bridgehead atoms. The standard InChI is InChI=1S/C13H17BrN2O3S/c1-9-3-2-4-11(13(9)14)16-12(17)7-10-8-20(18,19)6-5-15-10/h2-4,10,15H,5-8H2,1H3,(H,16,17). The molecule has 1 aromatic rings. The van der Waals surface area contributed by atoms with Gasteiger partial charge in [-0.2, -0.15) is 0 Å². The molecule has 1 heterocycles. The fourth-order valence-corrected chi connectivity index (χ4v) is 3.98. The number of carbonyl (C=O) groups excluding carboxylic acids is 1. The van der Waals surface area contributed by atoms with Crippen LogP contribution in [0.5, 0.6) is 0 Å². The molecule has 0 radical (unpaired) electrons. The van der Waals surface area contributed by atoms with Gasteiger partial charge in [-0.05, 0) is 34.5 Å². The molecule has 1 fully saturated rings. The topological polar surface area (TPSA) is 75.3 Å². The van der Waals surface area contributed by atoms with Crippen molar-refractivity contribution in [1.82, 2.24) is 5.32 Å². The Morgan fingerprint density at radius 3 is 2.95 bits per heavy atom. The van der Waals surface area contributed by atoms with Crippen LogP contribution in [0.4, 0.5) is 5.69 Å². The Kier molecular flexibility index (Phi) is 4.82. The second-order valence-electron chi connectivity index (χ2n) is 4.95. The van der Waals surface area contributed by atoms with Gasteiger partial charge in [-0.3, -0.25) is 4.79 Å². The number of amides is 1. The van der Waals surface area contributed by atoms with E-state index < -0.39 is 9.84 Å². The molecule has 0 spiro atoms. The maximum atomic E-state index is 12.0. The first-order valence-corrected chi connectivity index (χ1v) is 8.97. The van der Waals surface area contributed by atoms with Gasteiger partial charge in [0.05, 0.1) is 17.2 Å². The van der Waals surface area contributed by atoms with Gasteiger partial charge in [-0.15, -0.1) is 0 Å². The zero-order valence-corrected chi connectivity index (χ0v) is 13.6. The van der Waals surface area contributed by atoms with E-state index in [2.05, 4.69) is 26.6 Å². The fraction of sp³-hybridized carbons (Fsp3) is 0.462. The van der Waals surface area contributed by atoms with Crippen LogP contribution in [0.1, 0.15) is 12.0 Å². The monoisotopic (exact) mass is 360 g/mol. The molecule has 7 heteroatoms. The highest BCUT2D eigenvalue weighted by Gasteiger charge is 2.26. The molecule has 20 heavy (non-hydrogen) atoms. The molecule has 1 atom stereocenters. The molecule has 1 saturated heterocycles. The smallest absolute Gasteiger partial charge is 0.226 e. The second-order valence-corrected chi connectivity index (χ2v) is 7.98. The van der Waals surface area contributed by atoms with Crippen molar-refractivity contribution in [2.75, 3.05) is 23.4 Å². The van der Waals surface area contributed by atoms with E-state index in [4.69, 9.17) is 0 Å². The van der Waals surface area contributed by atoms with Crippen LogP contribution < -0.4 is 10.6 Å². The van der Waals surface area contributed by atoms with Crippen LogP contribution in [0, 0.1) is 6.92 Å². The van der Waals surface area contributed by atoms with Gasteiger partial charge in [0.2, 0.25) is 5.91 Å². The summed E-state index contributed by atoms with van der Waals surface area (Å²) in [6.45, 7) is 2.35. The van der Waals surface area contributed by atoms with E-state index in [1.807, 2.05) is 19.1 Å². The predicted octanol–water partition coefficient (Wildman–Crippen LogP) is 1.47. The second kappa shape index (κ2) is 6.24. The molecular formula is C13H17BrN2O3S. The van der Waals surface area contributed by atoms with Gasteiger partial charge in [0.15, 0.2) is 9.84 Å². The number of carbonyl (C=O) groups is 1. The molecule has 1 unspecified atom stereocenters. The average Bonchev–Trinajstić information content (AvgIpc) is 2.33. The summed E-state index contributed by atoms with van der Waals surface area (Å²) in [6, 6.07) is 5.30. The van der Waals surface area contributed by atoms with Crippen molar-refractivity contribution in [2.24, 2.45) is 0 Å². The Morgan fingerprint density at radius 1 is 1.50 bits per heavy atom. The number of rotatable bonds is 3. The van der Waals surface area contributed by atoms with Crippen LogP contribution in [0.25, 0.3) is 0 Å². The van der Waals surface area contributed by atoms with Crippen LogP contribution in [0.3, 0.4) is 0 Å². The van der Waals surface area contributed by atoms with E-state index in [-0.39, 0.29) is 29.9 Å². The molecule has 110 valence electrons. The Bertz CT molecular complexity index is 616. The summed E-state index contributed by atoms with van der Waals surface area (Å²) in [5, 5.41) is 5.87. The van der Waals surface area contributed by atoms with Crippen LogP contribution >= 0.6 is 15.9 Å². The van der Waals surface area contributed by atoms with E-state index >= 15 is 0 Å². The molecule has 1 aliphatic rings. The number of hydrogen-bond donors (Lipinski definition) is 2. The lowest BCUT2D eigenvalue weighted by Gasteiger charge is -2.23. The van der Waals surface area contributed by atoms with Gasteiger partial charge in [0, 0.05) is 23.5 Å². The molecule has 2 rings (SSSR count). The van der Waals surface area contributed by atoms with Gasteiger partial charge in [-0.1, -0.05) is 12.1 Å². The summed E-state index contributed by atoms with van der Waals surface area (Å²) in [7, 11) is -3.02. The zero-order valence-electron chi connectivity index (χ0n) is 11.1. The van der Waals surface area contributed by atoms with Gasteiger partial charge in [0.1, 0.15) is 0 Å². The maximum Gasteiger partial charge on any atom is 0.226 e. The van der Waals surface area contributed by atoms with Crippen molar-refractivity contribution in [3.63, 3.8) is 0 Å². The maximum absolute atomic E-state index is 12.0. The number of nitrogens with one attached hydrogen (secondary N) is 2. The van der Waals surface area contributed by atoms with E-state index in [0.717, 1.165) is 10.0 Å². The quantitative estimate of drug-likeness (QED) is 0.855. The van der Waals surface area contributed by atoms with Crippen molar-refractivity contribution < 1.29 is 13.2 Å². The minimum atomic E-state index is -3.02. The van der Waals surface area contributed by atoms with Gasteiger partial charge in [-0.25, -0.2) is 8.42 Å². The van der Waals surface area contributed by atoms with E-state index in [0.29, 0.717) is 12.2 Å². The van der Waals surface area contributed by atoms with Crippen LogP contribution in [-0.2, 0) is 14.6 Å². The third-order valence-corrected chi connectivity index (χ3v) is 5.99. The van der Waals surface area contributed by atoms with Gasteiger partial charge < -0.3 is 10.6 Å². The van der Waals surface area contributed by atoms with Gasteiger partial charge in [0.25, 0.3) is 0 Å². The summed E-state index contributed by atoms with van der Waals surface area (Å²) in [5.41, 5.74) is 1.73. The summed E-state index contributed by atoms with van der Waals surface area (Å²) in [4.78, 5) is 12.0. The molecule has 0 aliphatic carbocycles. The molecule has 1 aliphatic heterocycles. The first kappa shape index (κ1) is 15.5. The van der Waals surface area contributed by atoms with Crippen LogP contribution in [-0.4, -0.2) is 38.4 Å². The van der Waals surface area contributed by atoms with Crippen molar-refractivity contribution >= 4 is 37.4 Å². The first-order valence-electron chi connectivity index (χ1n) is 6.36. The number of sulfone groups is 1. The van der Waals surface area contributed by atoms with Crippen molar-refractivity contribution in [2.45, 2.75) is 19.4 Å². The van der Waals surface area contributed by atoms with Crippen LogP contribution in [0.2, 0.25) is 0 Å². The Morgan fingerprint density at radius 2 is 2.25 bits per heavy atom. The largest absolute Gasteiger partial charge is 0.325 e. The summed E-state index contributed by atoms with van der Waals surface area (Å²) >= 11 is 3.43. The summed E-state index contributed by atoms with van der Waals surface area (Å²) in [5.74, 6) is -0.0184. The lowest BCUT2D eigenvalue weighted by Crippen LogP contribution is -2.46. The van der Waals surface area contributed by atoms with Gasteiger partial charge >= 0.3 is 0 Å². The average molecular weight is 361 g/mol. The highest BCUT2D eigenvalue weighted by molar-refractivity contribution is 9.10. The molecular weight excluding hydrogens is 344 g/mol. The lowest BCUT2D eigenvalue weighted by atomic mass is 10.2. The number of hydrogen-bond acceptors (Lipinski definition) is 4. The number of halogens is 1. The highest BCUT2D eigenvalue weighted by Crippen LogP contribution is 2.25. The third-order valence-electron chi connectivity index (χ3n) is 3.20. The van der Waals surface area contributed by atoms with Crippen LogP contribution in [0.15, 0.2) is 22.7 Å². The minimum absolute atomic E-state index is 0.0232. The first-order chi connectivity index (χ1) is 9.37. The SMILES string of the molecule is Cc1cccc(NC(=O)CC2CS(=O)(=O)CCN2)c1Br. The van der Waals surface area contributed by atoms with Crippen molar-refractivity contribution in [3.05, 3.63) is 28.2 Å². The molecule has 1 amide bonds. The number of aryl methyl sites for hydroxylation is 1. The predicted molar refractivity (Wildman–Crippen MR) is 82.6 cm³/mol. The zero-order chi connectivity index (χ0) is 14.8. The molecule has 0 saturated carbocycles. The molecule has 1 aromatic carbocycles. The highest BCUT2D eigenvalue weighted by atomic mass is 79.9. The molecule has 5 nitrogen and oxygen atoms in total. The Balaban J connectivity index is 1.97. The number of benzene rings is 1. The summed E-state index contributed by atoms with van der Waals surface area (Å²) < 4.78 is 23.9. The normalized spacial score (nSPS) is 21.4. The van der Waals surface area contributed by atoms with E-state index in [1.54, 1.807) is 6.07 Å². The summed E-state index contributed by atoms with van der Waals surface area (Å²) in [6.07, 6.45) is 0.152. The Labute approximate surface area is 127 Å². The Hall–Kier alpha value is -0.920. The minimum Gasteiger partial charge on any atom is -0.325 e. The number of anilines is 1. The molecule has 2 N–H and O–H groups in total. The lowest BCUT2D eigenvalue weighted by molar-refractivity contribution is -0.116. The fourth-order valence-electron chi connectivity index (χ4n) is 2.17. The van der Waals surface area contributed by atoms with E-state index in [1.165, 1.54) is 0 Å². The van der Waals surface area contributed by atoms with Crippen molar-refractivity contribution in [3.8, 4) is 0 Å². The van der Waals surface area contributed by atoms with Crippen molar-refractivity contribution in [1.29, 1.82) is 0 Å². The van der Waals surface area contributed by atoms with E-state index in [9.17, 15) is 13.2 Å². The molecule has 0 aromatic heterocycles. The third kappa shape index (κ3) is 4.04.